The Kier molecular flexibility index (Phi) is 3.65. The van der Waals surface area contributed by atoms with Crippen LogP contribution in [0.3, 0.4) is 0 Å². The van der Waals surface area contributed by atoms with E-state index in [9.17, 15) is 10.2 Å². The summed E-state index contributed by atoms with van der Waals surface area (Å²) in [6, 6.07) is 3.22. The Morgan fingerprint density at radius 2 is 2.15 bits per heavy atom. The molecule has 4 N–H and O–H groups in total. The van der Waals surface area contributed by atoms with Crippen LogP contribution in [0.25, 0.3) is 0 Å². The maximum absolute atomic E-state index is 9.50. The number of hydrogen-bond donors (Lipinski definition) is 3. The van der Waals surface area contributed by atoms with Crippen molar-refractivity contribution in [1.29, 1.82) is 0 Å². The van der Waals surface area contributed by atoms with Gasteiger partial charge in [-0.25, -0.2) is 0 Å². The third kappa shape index (κ3) is 2.65. The number of aliphatic hydroxyl groups excluding tert-OH is 2. The van der Waals surface area contributed by atoms with Gasteiger partial charge in [0.05, 0.1) is 23.7 Å². The molecule has 0 aliphatic heterocycles. The molecular formula is C8H11BrN2O2. The van der Waals surface area contributed by atoms with Crippen LogP contribution in [0, 0.1) is 0 Å². The number of anilines is 1. The molecule has 2 unspecified atom stereocenters. The Labute approximate surface area is 84.5 Å². The Bertz CT molecular complexity index is 265. The fourth-order valence-electron chi connectivity index (χ4n) is 0.873. The topological polar surface area (TPSA) is 79.4 Å². The van der Waals surface area contributed by atoms with Gasteiger partial charge < -0.3 is 15.9 Å². The smallest absolute Gasteiger partial charge is 0.123 e. The van der Waals surface area contributed by atoms with E-state index in [2.05, 4.69) is 20.9 Å². The van der Waals surface area contributed by atoms with E-state index < -0.39 is 12.2 Å². The molecule has 0 saturated heterocycles. The number of nitrogens with two attached hydrogens (primary N) is 1. The molecule has 0 saturated carbocycles. The first-order valence-electron chi connectivity index (χ1n) is 3.78. The van der Waals surface area contributed by atoms with Crippen molar-refractivity contribution in [1.82, 2.24) is 4.98 Å². The highest BCUT2D eigenvalue weighted by molar-refractivity contribution is 9.09. The third-order valence-corrected chi connectivity index (χ3v) is 2.30. The third-order valence-electron chi connectivity index (χ3n) is 1.63. The van der Waals surface area contributed by atoms with Crippen LogP contribution in [-0.4, -0.2) is 26.6 Å². The number of halogens is 1. The van der Waals surface area contributed by atoms with E-state index in [4.69, 9.17) is 5.73 Å². The first kappa shape index (κ1) is 10.4. The van der Waals surface area contributed by atoms with E-state index in [-0.39, 0.29) is 0 Å². The lowest BCUT2D eigenvalue weighted by molar-refractivity contribution is 0.0315. The van der Waals surface area contributed by atoms with Crippen molar-refractivity contribution in [3.05, 3.63) is 24.0 Å². The van der Waals surface area contributed by atoms with Gasteiger partial charge in [0, 0.05) is 5.33 Å². The highest BCUT2D eigenvalue weighted by Gasteiger charge is 2.17. The average Bonchev–Trinajstić information content (AvgIpc) is 2.17. The van der Waals surface area contributed by atoms with Crippen molar-refractivity contribution in [3.8, 4) is 0 Å². The van der Waals surface area contributed by atoms with Crippen LogP contribution in [-0.2, 0) is 0 Å². The van der Waals surface area contributed by atoms with Crippen LogP contribution in [0.5, 0.6) is 0 Å². The minimum Gasteiger partial charge on any atom is -0.397 e. The molecule has 0 radical (unpaired) electrons. The summed E-state index contributed by atoms with van der Waals surface area (Å²) in [5.74, 6) is 0. The molecule has 1 rings (SSSR count). The van der Waals surface area contributed by atoms with Crippen LogP contribution < -0.4 is 5.73 Å². The lowest BCUT2D eigenvalue weighted by atomic mass is 10.1. The van der Waals surface area contributed by atoms with Crippen molar-refractivity contribution in [2.45, 2.75) is 12.2 Å². The van der Waals surface area contributed by atoms with Crippen molar-refractivity contribution in [3.63, 3.8) is 0 Å². The van der Waals surface area contributed by atoms with Crippen molar-refractivity contribution >= 4 is 21.6 Å². The molecule has 1 aromatic rings. The van der Waals surface area contributed by atoms with E-state index in [1.54, 1.807) is 12.1 Å². The second kappa shape index (κ2) is 4.55. The molecule has 2 atom stereocenters. The molecule has 0 aromatic carbocycles. The maximum Gasteiger partial charge on any atom is 0.123 e. The van der Waals surface area contributed by atoms with E-state index in [1.807, 2.05) is 0 Å². The molecular weight excluding hydrogens is 236 g/mol. The summed E-state index contributed by atoms with van der Waals surface area (Å²) in [7, 11) is 0. The zero-order valence-corrected chi connectivity index (χ0v) is 8.48. The Morgan fingerprint density at radius 3 is 2.62 bits per heavy atom. The van der Waals surface area contributed by atoms with Crippen molar-refractivity contribution < 1.29 is 10.2 Å². The minimum atomic E-state index is -0.972. The largest absolute Gasteiger partial charge is 0.397 e. The van der Waals surface area contributed by atoms with Crippen LogP contribution in [0.4, 0.5) is 5.69 Å². The predicted octanol–water partition coefficient (Wildman–Crippen LogP) is 0.453. The standard InChI is InChI=1S/C8H11BrN2O2/c9-3-7(12)8(13)6-2-1-5(10)4-11-6/h1-2,4,7-8,12-13H,3,10H2. The van der Waals surface area contributed by atoms with Gasteiger partial charge in [-0.15, -0.1) is 0 Å². The molecule has 0 aliphatic carbocycles. The van der Waals surface area contributed by atoms with E-state index >= 15 is 0 Å². The summed E-state index contributed by atoms with van der Waals surface area (Å²) in [4.78, 5) is 3.89. The van der Waals surface area contributed by atoms with Crippen LogP contribution in [0.1, 0.15) is 11.8 Å². The number of aromatic nitrogens is 1. The number of aliphatic hydroxyl groups is 2. The summed E-state index contributed by atoms with van der Waals surface area (Å²) in [6.07, 6.45) is -0.379. The molecule has 1 aromatic heterocycles. The summed E-state index contributed by atoms with van der Waals surface area (Å²) >= 11 is 3.06. The average molecular weight is 247 g/mol. The highest BCUT2D eigenvalue weighted by Crippen LogP contribution is 2.16. The number of nitrogen functional groups attached to an aromatic ring is 1. The molecule has 1 heterocycles. The first-order chi connectivity index (χ1) is 6.15. The van der Waals surface area contributed by atoms with Crippen LogP contribution >= 0.6 is 15.9 Å². The van der Waals surface area contributed by atoms with Gasteiger partial charge in [-0.2, -0.15) is 0 Å². The summed E-state index contributed by atoms with van der Waals surface area (Å²) in [5.41, 5.74) is 6.37. The number of rotatable bonds is 3. The van der Waals surface area contributed by atoms with E-state index in [0.717, 1.165) is 0 Å². The van der Waals surface area contributed by atoms with Gasteiger partial charge in [-0.3, -0.25) is 4.98 Å². The van der Waals surface area contributed by atoms with Crippen molar-refractivity contribution in [2.75, 3.05) is 11.1 Å². The van der Waals surface area contributed by atoms with Gasteiger partial charge in [-0.1, -0.05) is 15.9 Å². The van der Waals surface area contributed by atoms with Crippen LogP contribution in [0.2, 0.25) is 0 Å². The maximum atomic E-state index is 9.50. The lowest BCUT2D eigenvalue weighted by Crippen LogP contribution is -2.20. The molecule has 0 fully saturated rings. The number of alkyl halides is 1. The predicted molar refractivity (Wildman–Crippen MR) is 53.4 cm³/mol. The van der Waals surface area contributed by atoms with Gasteiger partial charge in [0.15, 0.2) is 0 Å². The number of nitrogens with zero attached hydrogens (tertiary/aromatic N) is 1. The molecule has 0 aliphatic rings. The fraction of sp³-hybridized carbons (Fsp3) is 0.375. The molecule has 0 amide bonds. The number of hydrogen-bond acceptors (Lipinski definition) is 4. The Balaban J connectivity index is 2.77. The minimum absolute atomic E-state index is 0.306. The molecule has 13 heavy (non-hydrogen) atoms. The second-order valence-corrected chi connectivity index (χ2v) is 3.33. The summed E-state index contributed by atoms with van der Waals surface area (Å²) in [5, 5.41) is 19.1. The zero-order valence-electron chi connectivity index (χ0n) is 6.89. The Hall–Kier alpha value is -0.650. The first-order valence-corrected chi connectivity index (χ1v) is 4.91. The van der Waals surface area contributed by atoms with Gasteiger partial charge in [0.2, 0.25) is 0 Å². The normalized spacial score (nSPS) is 15.3. The molecule has 5 heteroatoms. The summed E-state index contributed by atoms with van der Waals surface area (Å²) < 4.78 is 0. The summed E-state index contributed by atoms with van der Waals surface area (Å²) in [6.45, 7) is 0. The van der Waals surface area contributed by atoms with Crippen molar-refractivity contribution in [2.24, 2.45) is 0 Å². The van der Waals surface area contributed by atoms with E-state index in [0.29, 0.717) is 16.7 Å². The van der Waals surface area contributed by atoms with E-state index in [1.165, 1.54) is 6.20 Å². The number of pyridine rings is 1. The van der Waals surface area contributed by atoms with Gasteiger partial charge in [0.1, 0.15) is 6.10 Å². The lowest BCUT2D eigenvalue weighted by Gasteiger charge is -2.14. The fourth-order valence-corrected chi connectivity index (χ4v) is 1.23. The van der Waals surface area contributed by atoms with Gasteiger partial charge >= 0.3 is 0 Å². The Morgan fingerprint density at radius 1 is 1.46 bits per heavy atom. The molecule has 0 bridgehead atoms. The van der Waals surface area contributed by atoms with Crippen LogP contribution in [0.15, 0.2) is 18.3 Å². The van der Waals surface area contributed by atoms with Gasteiger partial charge in [-0.05, 0) is 12.1 Å². The highest BCUT2D eigenvalue weighted by atomic mass is 79.9. The monoisotopic (exact) mass is 246 g/mol. The molecule has 0 spiro atoms. The quantitative estimate of drug-likeness (QED) is 0.677. The zero-order chi connectivity index (χ0) is 9.84. The second-order valence-electron chi connectivity index (χ2n) is 2.68. The van der Waals surface area contributed by atoms with Gasteiger partial charge in [0.25, 0.3) is 0 Å². The molecule has 4 nitrogen and oxygen atoms in total. The molecule has 72 valence electrons. The SMILES string of the molecule is Nc1ccc(C(O)C(O)CBr)nc1.